The molecule has 1 aromatic carbocycles. The van der Waals surface area contributed by atoms with Crippen molar-refractivity contribution in [1.29, 1.82) is 0 Å². The number of anilines is 1. The smallest absolute Gasteiger partial charge is 0.321 e. The molecule has 0 unspecified atom stereocenters. The first-order chi connectivity index (χ1) is 11.9. The average molecular weight is 385 g/mol. The lowest BCUT2D eigenvalue weighted by atomic mass is 10.0. The third-order valence-electron chi connectivity index (χ3n) is 4.75. The van der Waals surface area contributed by atoms with Crippen LogP contribution in [0.4, 0.5) is 10.5 Å². The summed E-state index contributed by atoms with van der Waals surface area (Å²) in [6, 6.07) is 6.33. The number of benzene rings is 1. The van der Waals surface area contributed by atoms with Crippen molar-refractivity contribution in [3.8, 4) is 0 Å². The van der Waals surface area contributed by atoms with Gasteiger partial charge in [-0.15, -0.1) is 0 Å². The average Bonchev–Trinajstić information content (AvgIpc) is 2.62. The van der Waals surface area contributed by atoms with E-state index in [4.69, 9.17) is 5.14 Å². The number of thioether (sulfide) groups is 1. The fourth-order valence-corrected chi connectivity index (χ4v) is 4.75. The number of nitrogens with zero attached hydrogens (tertiary/aromatic N) is 2. The van der Waals surface area contributed by atoms with E-state index in [1.165, 1.54) is 23.6 Å². The van der Waals surface area contributed by atoms with Crippen LogP contribution >= 0.6 is 11.8 Å². The number of piperidine rings is 1. The van der Waals surface area contributed by atoms with Crippen molar-refractivity contribution in [3.05, 3.63) is 24.3 Å². The number of amides is 2. The molecule has 2 fully saturated rings. The molecule has 0 bridgehead atoms. The van der Waals surface area contributed by atoms with Gasteiger partial charge in [0.25, 0.3) is 0 Å². The summed E-state index contributed by atoms with van der Waals surface area (Å²) in [5, 5.41) is 7.89. The predicted molar refractivity (Wildman–Crippen MR) is 100 cm³/mol. The molecule has 1 aromatic rings. The Morgan fingerprint density at radius 1 is 1.08 bits per heavy atom. The van der Waals surface area contributed by atoms with Gasteiger partial charge in [0.15, 0.2) is 0 Å². The van der Waals surface area contributed by atoms with Gasteiger partial charge in [0, 0.05) is 49.4 Å². The lowest BCUT2D eigenvalue weighted by Gasteiger charge is -2.40. The lowest BCUT2D eigenvalue weighted by Crippen LogP contribution is -2.49. The van der Waals surface area contributed by atoms with Crippen LogP contribution in [0, 0.1) is 0 Å². The lowest BCUT2D eigenvalue weighted by molar-refractivity contribution is 0.130. The van der Waals surface area contributed by atoms with Gasteiger partial charge in [-0.2, -0.15) is 11.8 Å². The Labute approximate surface area is 153 Å². The van der Waals surface area contributed by atoms with Crippen molar-refractivity contribution in [1.82, 2.24) is 9.80 Å². The zero-order valence-corrected chi connectivity index (χ0v) is 15.7. The number of hydrogen-bond acceptors (Lipinski definition) is 5. The molecule has 0 saturated carbocycles. The third-order valence-corrected chi connectivity index (χ3v) is 6.62. The molecule has 0 aliphatic carbocycles. The molecule has 2 aliphatic rings. The van der Waals surface area contributed by atoms with Crippen LogP contribution in [0.5, 0.6) is 0 Å². The second kappa shape index (κ2) is 7.94. The van der Waals surface area contributed by atoms with Crippen molar-refractivity contribution < 1.29 is 13.2 Å². The molecule has 7 nitrogen and oxygen atoms in total. The maximum atomic E-state index is 12.4. The van der Waals surface area contributed by atoms with Crippen LogP contribution in [0.1, 0.15) is 12.8 Å². The molecule has 25 heavy (non-hydrogen) atoms. The summed E-state index contributed by atoms with van der Waals surface area (Å²) in [4.78, 5) is 16.8. The summed E-state index contributed by atoms with van der Waals surface area (Å²) in [5.74, 6) is 2.41. The van der Waals surface area contributed by atoms with E-state index in [0.717, 1.165) is 39.0 Å². The minimum absolute atomic E-state index is 0.0333. The van der Waals surface area contributed by atoms with Crippen molar-refractivity contribution in [2.45, 2.75) is 23.8 Å². The van der Waals surface area contributed by atoms with Gasteiger partial charge in [0.05, 0.1) is 4.90 Å². The predicted octanol–water partition coefficient (Wildman–Crippen LogP) is 1.38. The molecule has 0 radical (unpaired) electrons. The van der Waals surface area contributed by atoms with Crippen molar-refractivity contribution in [2.24, 2.45) is 5.14 Å². The summed E-state index contributed by atoms with van der Waals surface area (Å²) in [5.41, 5.74) is 0.563. The quantitative estimate of drug-likeness (QED) is 0.821. The maximum Gasteiger partial charge on any atom is 0.321 e. The van der Waals surface area contributed by atoms with Crippen molar-refractivity contribution in [3.63, 3.8) is 0 Å². The van der Waals surface area contributed by atoms with Crippen LogP contribution in [-0.4, -0.2) is 68.0 Å². The van der Waals surface area contributed by atoms with Gasteiger partial charge in [-0.25, -0.2) is 18.4 Å². The molecule has 2 aliphatic heterocycles. The Morgan fingerprint density at radius 3 is 2.24 bits per heavy atom. The number of likely N-dealkylation sites (tertiary alicyclic amines) is 1. The summed E-state index contributed by atoms with van der Waals surface area (Å²) in [6.45, 7) is 3.79. The highest BCUT2D eigenvalue weighted by molar-refractivity contribution is 7.99. The fourth-order valence-electron chi connectivity index (χ4n) is 3.31. The largest absolute Gasteiger partial charge is 0.324 e. The van der Waals surface area contributed by atoms with E-state index >= 15 is 0 Å². The molecule has 3 rings (SSSR count). The van der Waals surface area contributed by atoms with Gasteiger partial charge in [0.2, 0.25) is 10.0 Å². The highest BCUT2D eigenvalue weighted by Gasteiger charge is 2.27. The SMILES string of the molecule is NS(=O)(=O)c1ccc(NC(=O)N2CCC(N3CCSCC3)CC2)cc1. The van der Waals surface area contributed by atoms with Crippen LogP contribution in [0.25, 0.3) is 0 Å². The number of carbonyl (C=O) groups is 1. The number of urea groups is 1. The Bertz CT molecular complexity index is 695. The van der Waals surface area contributed by atoms with Gasteiger partial charge in [-0.05, 0) is 37.1 Å². The van der Waals surface area contributed by atoms with Crippen molar-refractivity contribution >= 4 is 33.5 Å². The second-order valence-electron chi connectivity index (χ2n) is 6.37. The van der Waals surface area contributed by atoms with E-state index in [2.05, 4.69) is 10.2 Å². The minimum Gasteiger partial charge on any atom is -0.324 e. The first-order valence-electron chi connectivity index (χ1n) is 8.44. The number of carbonyl (C=O) groups excluding carboxylic acids is 1. The summed E-state index contributed by atoms with van der Waals surface area (Å²) in [6.07, 6.45) is 2.00. The number of sulfonamides is 1. The third kappa shape index (κ3) is 4.87. The standard InChI is InChI=1S/C16H24N4O3S2/c17-25(22,23)15-3-1-13(2-4-15)18-16(21)20-7-5-14(6-8-20)19-9-11-24-12-10-19/h1-4,14H,5-12H2,(H,18,21)(H2,17,22,23). The molecule has 0 atom stereocenters. The number of nitrogens with two attached hydrogens (primary N) is 1. The normalized spacial score (nSPS) is 20.4. The zero-order chi connectivity index (χ0) is 17.9. The molecule has 2 amide bonds. The highest BCUT2D eigenvalue weighted by atomic mass is 32.2. The van der Waals surface area contributed by atoms with E-state index in [-0.39, 0.29) is 10.9 Å². The molecule has 0 spiro atoms. The molecule has 2 heterocycles. The number of hydrogen-bond donors (Lipinski definition) is 2. The van der Waals surface area contributed by atoms with E-state index in [1.54, 1.807) is 12.1 Å². The number of rotatable bonds is 3. The van der Waals surface area contributed by atoms with Gasteiger partial charge >= 0.3 is 6.03 Å². The van der Waals surface area contributed by atoms with Gasteiger partial charge in [0.1, 0.15) is 0 Å². The molecular formula is C16H24N4O3S2. The second-order valence-corrected chi connectivity index (χ2v) is 9.15. The topological polar surface area (TPSA) is 95.7 Å². The Kier molecular flexibility index (Phi) is 5.88. The molecule has 2 saturated heterocycles. The summed E-state index contributed by atoms with van der Waals surface area (Å²) in [7, 11) is -3.71. The monoisotopic (exact) mass is 384 g/mol. The van der Waals surface area contributed by atoms with E-state index in [0.29, 0.717) is 11.7 Å². The van der Waals surface area contributed by atoms with Gasteiger partial charge in [-0.1, -0.05) is 0 Å². The first-order valence-corrected chi connectivity index (χ1v) is 11.1. The van der Waals surface area contributed by atoms with Gasteiger partial charge in [-0.3, -0.25) is 4.90 Å². The molecule has 0 aromatic heterocycles. The fraction of sp³-hybridized carbons (Fsp3) is 0.562. The van der Waals surface area contributed by atoms with E-state index in [9.17, 15) is 13.2 Å². The number of primary sulfonamides is 1. The van der Waals surface area contributed by atoms with Crippen molar-refractivity contribution in [2.75, 3.05) is 43.0 Å². The Balaban J connectivity index is 1.51. The van der Waals surface area contributed by atoms with Crippen LogP contribution < -0.4 is 10.5 Å². The minimum atomic E-state index is -3.71. The van der Waals surface area contributed by atoms with E-state index < -0.39 is 10.0 Å². The molecule has 3 N–H and O–H groups in total. The van der Waals surface area contributed by atoms with Crippen LogP contribution in [-0.2, 0) is 10.0 Å². The number of nitrogens with one attached hydrogen (secondary N) is 1. The zero-order valence-electron chi connectivity index (χ0n) is 14.1. The first kappa shape index (κ1) is 18.5. The molecular weight excluding hydrogens is 360 g/mol. The highest BCUT2D eigenvalue weighted by Crippen LogP contribution is 2.21. The maximum absolute atomic E-state index is 12.4. The molecule has 9 heteroatoms. The summed E-state index contributed by atoms with van der Waals surface area (Å²) >= 11 is 2.01. The summed E-state index contributed by atoms with van der Waals surface area (Å²) < 4.78 is 22.5. The molecule has 138 valence electrons. The Hall–Kier alpha value is -1.29. The van der Waals surface area contributed by atoms with Crippen LogP contribution in [0.2, 0.25) is 0 Å². The van der Waals surface area contributed by atoms with Crippen LogP contribution in [0.15, 0.2) is 29.2 Å². The van der Waals surface area contributed by atoms with Crippen LogP contribution in [0.3, 0.4) is 0 Å². The van der Waals surface area contributed by atoms with Gasteiger partial charge < -0.3 is 10.2 Å². The van der Waals surface area contributed by atoms with E-state index in [1.807, 2.05) is 16.7 Å². The Morgan fingerprint density at radius 2 is 1.68 bits per heavy atom.